The summed E-state index contributed by atoms with van der Waals surface area (Å²) in [7, 11) is 0. The van der Waals surface area contributed by atoms with Gasteiger partial charge in [-0.3, -0.25) is 0 Å². The van der Waals surface area contributed by atoms with E-state index in [0.29, 0.717) is 6.08 Å². The third-order valence-corrected chi connectivity index (χ3v) is 4.33. The highest BCUT2D eigenvalue weighted by Gasteiger charge is 2.52. The number of hydrogen-bond donors (Lipinski definition) is 3. The van der Waals surface area contributed by atoms with Crippen molar-refractivity contribution in [1.29, 1.82) is 0 Å². The van der Waals surface area contributed by atoms with E-state index in [0.717, 1.165) is 30.6 Å². The first-order valence-electron chi connectivity index (χ1n) is 6.99. The molecule has 0 aromatic heterocycles. The van der Waals surface area contributed by atoms with E-state index in [1.165, 1.54) is 0 Å². The molecular formula is C13H21F3N2O3S. The van der Waals surface area contributed by atoms with Gasteiger partial charge in [-0.1, -0.05) is 0 Å². The van der Waals surface area contributed by atoms with Gasteiger partial charge in [-0.15, -0.1) is 0 Å². The lowest BCUT2D eigenvalue weighted by Gasteiger charge is -2.28. The lowest BCUT2D eigenvalue weighted by molar-refractivity contribution is -0.237. The first kappa shape index (κ1) is 19.0. The molecule has 1 rings (SSSR count). The topological polar surface area (TPSA) is 70.6 Å². The Morgan fingerprint density at radius 2 is 2.23 bits per heavy atom. The van der Waals surface area contributed by atoms with Crippen molar-refractivity contribution in [1.82, 2.24) is 10.6 Å². The number of urea groups is 1. The van der Waals surface area contributed by atoms with Gasteiger partial charge in [-0.25, -0.2) is 4.79 Å². The summed E-state index contributed by atoms with van der Waals surface area (Å²) >= 11 is 1.69. The molecule has 3 N–H and O–H groups in total. The first-order chi connectivity index (χ1) is 10.3. The molecule has 2 unspecified atom stereocenters. The highest BCUT2D eigenvalue weighted by atomic mass is 32.2. The molecule has 0 aliphatic carbocycles. The monoisotopic (exact) mass is 342 g/mol. The van der Waals surface area contributed by atoms with Crippen LogP contribution >= 0.6 is 11.8 Å². The van der Waals surface area contributed by atoms with Crippen molar-refractivity contribution in [2.75, 3.05) is 24.7 Å². The summed E-state index contributed by atoms with van der Waals surface area (Å²) in [6, 6.07) is -0.781. The quantitative estimate of drug-likeness (QED) is 0.646. The van der Waals surface area contributed by atoms with E-state index in [-0.39, 0.29) is 12.6 Å². The Hall–Kier alpha value is -1.09. The van der Waals surface area contributed by atoms with E-state index >= 15 is 0 Å². The molecule has 0 radical (unpaired) electrons. The summed E-state index contributed by atoms with van der Waals surface area (Å²) in [5, 5.41) is 14.4. The van der Waals surface area contributed by atoms with Gasteiger partial charge in [-0.2, -0.15) is 24.9 Å². The van der Waals surface area contributed by atoms with E-state index in [2.05, 4.69) is 15.4 Å². The number of hydrogen-bond acceptors (Lipinski definition) is 4. The molecule has 128 valence electrons. The van der Waals surface area contributed by atoms with Crippen LogP contribution in [-0.2, 0) is 4.74 Å². The van der Waals surface area contributed by atoms with Gasteiger partial charge in [0.1, 0.15) is 0 Å². The van der Waals surface area contributed by atoms with Gasteiger partial charge in [0.25, 0.3) is 0 Å². The Morgan fingerprint density at radius 1 is 1.50 bits per heavy atom. The molecule has 1 aliphatic heterocycles. The summed E-state index contributed by atoms with van der Waals surface area (Å²) in [5.74, 6) is 1.76. The fourth-order valence-electron chi connectivity index (χ4n) is 1.82. The van der Waals surface area contributed by atoms with Gasteiger partial charge in [0.2, 0.25) is 0 Å². The molecule has 1 heterocycles. The van der Waals surface area contributed by atoms with E-state index < -0.39 is 24.4 Å². The molecule has 9 heteroatoms. The summed E-state index contributed by atoms with van der Waals surface area (Å²) in [4.78, 5) is 11.6. The van der Waals surface area contributed by atoms with Crippen LogP contribution in [0.4, 0.5) is 18.0 Å². The second-order valence-corrected chi connectivity index (χ2v) is 6.07. The van der Waals surface area contributed by atoms with Crippen LogP contribution in [0.2, 0.25) is 0 Å². The van der Waals surface area contributed by atoms with Crippen LogP contribution in [0.15, 0.2) is 12.3 Å². The average Bonchev–Trinajstić information content (AvgIpc) is 2.45. The minimum Gasteiger partial charge on any atom is -0.502 e. The van der Waals surface area contributed by atoms with Gasteiger partial charge in [0.05, 0.1) is 19.4 Å². The van der Waals surface area contributed by atoms with Crippen LogP contribution < -0.4 is 10.6 Å². The third-order valence-electron chi connectivity index (χ3n) is 3.11. The lowest BCUT2D eigenvalue weighted by atomic mass is 10.0. The molecule has 1 saturated heterocycles. The summed E-state index contributed by atoms with van der Waals surface area (Å²) in [5.41, 5.74) is -3.17. The van der Waals surface area contributed by atoms with E-state index in [1.54, 1.807) is 18.7 Å². The lowest BCUT2D eigenvalue weighted by Crippen LogP contribution is -2.55. The van der Waals surface area contributed by atoms with Crippen LogP contribution in [-0.4, -0.2) is 53.6 Å². The zero-order valence-electron chi connectivity index (χ0n) is 12.3. The zero-order valence-corrected chi connectivity index (χ0v) is 13.1. The molecule has 2 atom stereocenters. The molecular weight excluding hydrogens is 321 g/mol. The highest BCUT2D eigenvalue weighted by Crippen LogP contribution is 2.31. The number of aliphatic hydroxyl groups is 1. The van der Waals surface area contributed by atoms with Gasteiger partial charge in [0.15, 0.2) is 5.60 Å². The Kier molecular flexibility index (Phi) is 7.34. The minimum absolute atomic E-state index is 0.0586. The predicted octanol–water partition coefficient (Wildman–Crippen LogP) is 2.02. The zero-order chi connectivity index (χ0) is 16.6. The second kappa shape index (κ2) is 8.52. The molecule has 1 fully saturated rings. The van der Waals surface area contributed by atoms with Gasteiger partial charge >= 0.3 is 12.2 Å². The van der Waals surface area contributed by atoms with E-state index in [9.17, 15) is 23.1 Å². The number of carbonyl (C=O) groups excluding carboxylic acids is 1. The van der Waals surface area contributed by atoms with Crippen molar-refractivity contribution in [3.8, 4) is 0 Å². The number of thioether (sulfide) groups is 1. The Labute approximate surface area is 131 Å². The van der Waals surface area contributed by atoms with E-state index in [1.807, 2.05) is 0 Å². The fraction of sp³-hybridized carbons (Fsp3) is 0.769. The highest BCUT2D eigenvalue weighted by molar-refractivity contribution is 7.99. The summed E-state index contributed by atoms with van der Waals surface area (Å²) in [6.45, 7) is 0.800. The number of halogens is 3. The molecule has 5 nitrogen and oxygen atoms in total. The smallest absolute Gasteiger partial charge is 0.422 e. The van der Waals surface area contributed by atoms with Crippen LogP contribution in [0.3, 0.4) is 0 Å². The summed E-state index contributed by atoms with van der Waals surface area (Å²) < 4.78 is 43.4. The van der Waals surface area contributed by atoms with Crippen molar-refractivity contribution in [3.63, 3.8) is 0 Å². The number of ether oxygens (including phenoxy) is 1. The molecule has 2 amide bonds. The van der Waals surface area contributed by atoms with Crippen molar-refractivity contribution in [2.45, 2.75) is 37.6 Å². The largest absolute Gasteiger partial charge is 0.502 e. The van der Waals surface area contributed by atoms with Crippen LogP contribution in [0.25, 0.3) is 0 Å². The number of nitrogens with one attached hydrogen (secondary N) is 2. The standard InChI is InChI=1S/C13H21F3N2O3S/c1-2-21-6-5-12(20,13(14,15)16)9-17-11(19)18-10-4-3-7-22-8-10/h5-6,10,20H,2-4,7-9H2,1H3,(H2,17,18,19). The van der Waals surface area contributed by atoms with Crippen LogP contribution in [0.1, 0.15) is 19.8 Å². The van der Waals surface area contributed by atoms with Crippen molar-refractivity contribution >= 4 is 17.8 Å². The van der Waals surface area contributed by atoms with Crippen molar-refractivity contribution < 1.29 is 27.8 Å². The normalized spacial score (nSPS) is 22.1. The van der Waals surface area contributed by atoms with Gasteiger partial charge < -0.3 is 20.5 Å². The summed E-state index contributed by atoms with van der Waals surface area (Å²) in [6.07, 6.45) is -1.89. The maximum atomic E-state index is 12.9. The Bertz CT molecular complexity index is 387. The van der Waals surface area contributed by atoms with Crippen molar-refractivity contribution in [3.05, 3.63) is 12.3 Å². The van der Waals surface area contributed by atoms with Gasteiger partial charge in [0, 0.05) is 11.8 Å². The maximum absolute atomic E-state index is 12.9. The SMILES string of the molecule is CCOC=CC(O)(CNC(=O)NC1CCCSC1)C(F)(F)F. The number of carbonyl (C=O) groups is 1. The second-order valence-electron chi connectivity index (χ2n) is 4.92. The molecule has 0 saturated carbocycles. The predicted molar refractivity (Wildman–Crippen MR) is 78.7 cm³/mol. The molecule has 0 aromatic rings. The molecule has 0 aromatic carbocycles. The average molecular weight is 342 g/mol. The Morgan fingerprint density at radius 3 is 2.77 bits per heavy atom. The Balaban J connectivity index is 2.53. The van der Waals surface area contributed by atoms with Crippen LogP contribution in [0.5, 0.6) is 0 Å². The molecule has 0 spiro atoms. The third kappa shape index (κ3) is 5.96. The molecule has 1 aliphatic rings. The number of rotatable bonds is 6. The number of amides is 2. The molecule has 22 heavy (non-hydrogen) atoms. The minimum atomic E-state index is -4.92. The molecule has 0 bridgehead atoms. The van der Waals surface area contributed by atoms with E-state index in [4.69, 9.17) is 0 Å². The number of alkyl halides is 3. The maximum Gasteiger partial charge on any atom is 0.422 e. The van der Waals surface area contributed by atoms with Crippen LogP contribution in [0, 0.1) is 0 Å². The van der Waals surface area contributed by atoms with Gasteiger partial charge in [-0.05, 0) is 31.6 Å². The fourth-order valence-corrected chi connectivity index (χ4v) is 2.89. The van der Waals surface area contributed by atoms with Crippen molar-refractivity contribution in [2.24, 2.45) is 0 Å². The first-order valence-corrected chi connectivity index (χ1v) is 8.14.